The van der Waals surface area contributed by atoms with Gasteiger partial charge >= 0.3 is 0 Å². The van der Waals surface area contributed by atoms with Crippen molar-refractivity contribution in [3.63, 3.8) is 0 Å². The molecule has 0 saturated carbocycles. The summed E-state index contributed by atoms with van der Waals surface area (Å²) in [6.45, 7) is 4.34. The molecule has 0 bridgehead atoms. The lowest BCUT2D eigenvalue weighted by molar-refractivity contribution is -0.112. The molecule has 0 fully saturated rings. The summed E-state index contributed by atoms with van der Waals surface area (Å²) >= 11 is 5.95. The number of ether oxygens (including phenoxy) is 1. The average molecular weight is 391 g/mol. The van der Waals surface area contributed by atoms with Crippen LogP contribution in [0.2, 0.25) is 5.02 Å². The van der Waals surface area contributed by atoms with E-state index in [-0.39, 0.29) is 5.57 Å². The number of nitriles is 1. The van der Waals surface area contributed by atoms with Crippen LogP contribution in [0.15, 0.2) is 60.2 Å². The molecule has 0 heterocycles. The first-order chi connectivity index (χ1) is 13.5. The summed E-state index contributed by atoms with van der Waals surface area (Å²) < 4.78 is 5.68. The molecule has 0 saturated heterocycles. The van der Waals surface area contributed by atoms with Gasteiger partial charge in [0.05, 0.1) is 6.61 Å². The second-order valence-corrected chi connectivity index (χ2v) is 6.65. The summed E-state index contributed by atoms with van der Waals surface area (Å²) in [5, 5.41) is 14.7. The predicted octanol–water partition coefficient (Wildman–Crippen LogP) is 5.75. The van der Waals surface area contributed by atoms with Crippen LogP contribution in [0.5, 0.6) is 5.75 Å². The van der Waals surface area contributed by atoms with Crippen molar-refractivity contribution in [2.45, 2.75) is 13.8 Å². The Morgan fingerprint density at radius 2 is 1.93 bits per heavy atom. The quantitative estimate of drug-likeness (QED) is 0.446. The Balaban J connectivity index is 1.97. The van der Waals surface area contributed by atoms with E-state index < -0.39 is 5.91 Å². The number of carbonyl (C=O) groups is 1. The molecule has 0 unspecified atom stereocenters. The second kappa shape index (κ2) is 8.60. The molecule has 3 aromatic carbocycles. The minimum absolute atomic E-state index is 0.0173. The summed E-state index contributed by atoms with van der Waals surface area (Å²) in [6, 6.07) is 18.6. The number of nitrogens with zero attached hydrogens (tertiary/aromatic N) is 1. The number of fused-ring (bicyclic) bond motifs is 1. The fraction of sp³-hybridized carbons (Fsp3) is 0.130. The summed E-state index contributed by atoms with van der Waals surface area (Å²) in [4.78, 5) is 12.6. The maximum atomic E-state index is 12.6. The third kappa shape index (κ3) is 4.16. The third-order valence-corrected chi connectivity index (χ3v) is 4.55. The van der Waals surface area contributed by atoms with Crippen LogP contribution in [-0.4, -0.2) is 12.5 Å². The van der Waals surface area contributed by atoms with Gasteiger partial charge in [-0.3, -0.25) is 4.79 Å². The summed E-state index contributed by atoms with van der Waals surface area (Å²) in [6.07, 6.45) is 1.60. The van der Waals surface area contributed by atoms with Crippen molar-refractivity contribution >= 4 is 40.0 Å². The van der Waals surface area contributed by atoms with Crippen LogP contribution in [0.1, 0.15) is 18.1 Å². The first-order valence-corrected chi connectivity index (χ1v) is 9.25. The van der Waals surface area contributed by atoms with Crippen molar-refractivity contribution < 1.29 is 9.53 Å². The van der Waals surface area contributed by atoms with Crippen LogP contribution in [0.25, 0.3) is 16.8 Å². The van der Waals surface area contributed by atoms with E-state index in [9.17, 15) is 10.1 Å². The van der Waals surface area contributed by atoms with Crippen molar-refractivity contribution in [2.75, 3.05) is 11.9 Å². The fourth-order valence-electron chi connectivity index (χ4n) is 2.96. The number of anilines is 1. The summed E-state index contributed by atoms with van der Waals surface area (Å²) in [5.74, 6) is 0.306. The maximum absolute atomic E-state index is 12.6. The van der Waals surface area contributed by atoms with E-state index in [1.807, 2.05) is 56.3 Å². The molecule has 0 aliphatic heterocycles. The minimum Gasteiger partial charge on any atom is -0.493 e. The molecule has 0 aliphatic rings. The number of hydrogen-bond donors (Lipinski definition) is 1. The lowest BCUT2D eigenvalue weighted by Gasteiger charge is -2.11. The van der Waals surface area contributed by atoms with Crippen LogP contribution >= 0.6 is 11.6 Å². The molecule has 0 aliphatic carbocycles. The normalized spacial score (nSPS) is 11.1. The van der Waals surface area contributed by atoms with E-state index >= 15 is 0 Å². The zero-order chi connectivity index (χ0) is 20.1. The topological polar surface area (TPSA) is 62.1 Å². The average Bonchev–Trinajstić information content (AvgIpc) is 2.69. The van der Waals surface area contributed by atoms with Crippen LogP contribution in [0.4, 0.5) is 5.69 Å². The molecule has 0 spiro atoms. The maximum Gasteiger partial charge on any atom is 0.266 e. The fourth-order valence-corrected chi connectivity index (χ4v) is 3.19. The van der Waals surface area contributed by atoms with E-state index in [0.29, 0.717) is 17.3 Å². The Morgan fingerprint density at radius 3 is 2.61 bits per heavy atom. The van der Waals surface area contributed by atoms with Crippen molar-refractivity contribution in [1.82, 2.24) is 0 Å². The Bertz CT molecular complexity index is 1110. The second-order valence-electron chi connectivity index (χ2n) is 6.21. The molecular formula is C23H19ClN2O2. The standard InChI is InChI=1S/C23H19ClN2O2/c1-3-28-22-11-8-16(19-6-4-5-7-20(19)22)13-17(14-25)23(27)26-21-10-9-18(24)12-15(21)2/h4-13H,3H2,1-2H3,(H,26,27)/b17-13+. The van der Waals surface area contributed by atoms with Crippen LogP contribution in [-0.2, 0) is 4.79 Å². The number of amides is 1. The van der Waals surface area contributed by atoms with Gasteiger partial charge in [0, 0.05) is 16.1 Å². The number of halogens is 1. The van der Waals surface area contributed by atoms with Gasteiger partial charge in [0.1, 0.15) is 17.4 Å². The predicted molar refractivity (Wildman–Crippen MR) is 114 cm³/mol. The van der Waals surface area contributed by atoms with Gasteiger partial charge in [-0.15, -0.1) is 0 Å². The van der Waals surface area contributed by atoms with Crippen molar-refractivity contribution in [3.05, 3.63) is 76.3 Å². The zero-order valence-electron chi connectivity index (χ0n) is 15.6. The van der Waals surface area contributed by atoms with Gasteiger partial charge in [0.25, 0.3) is 5.91 Å². The number of aryl methyl sites for hydroxylation is 1. The first kappa shape index (κ1) is 19.5. The minimum atomic E-state index is -0.467. The van der Waals surface area contributed by atoms with Gasteiger partial charge in [-0.2, -0.15) is 5.26 Å². The molecule has 0 atom stereocenters. The number of nitrogens with one attached hydrogen (secondary N) is 1. The molecule has 3 aromatic rings. The molecular weight excluding hydrogens is 372 g/mol. The molecule has 28 heavy (non-hydrogen) atoms. The Labute approximate surface area is 169 Å². The largest absolute Gasteiger partial charge is 0.493 e. The number of benzene rings is 3. The van der Waals surface area contributed by atoms with E-state index in [2.05, 4.69) is 5.32 Å². The van der Waals surface area contributed by atoms with E-state index in [4.69, 9.17) is 16.3 Å². The van der Waals surface area contributed by atoms with Crippen molar-refractivity contribution in [2.24, 2.45) is 0 Å². The number of hydrogen-bond acceptors (Lipinski definition) is 3. The molecule has 5 heteroatoms. The lowest BCUT2D eigenvalue weighted by Crippen LogP contribution is -2.14. The monoisotopic (exact) mass is 390 g/mol. The van der Waals surface area contributed by atoms with Gasteiger partial charge in [0.15, 0.2) is 0 Å². The SMILES string of the molecule is CCOc1ccc(/C=C(\C#N)C(=O)Nc2ccc(Cl)cc2C)c2ccccc12. The van der Waals surface area contributed by atoms with Crippen molar-refractivity contribution in [1.29, 1.82) is 5.26 Å². The highest BCUT2D eigenvalue weighted by Crippen LogP contribution is 2.30. The highest BCUT2D eigenvalue weighted by molar-refractivity contribution is 6.30. The summed E-state index contributed by atoms with van der Waals surface area (Å²) in [5.41, 5.74) is 2.24. The van der Waals surface area contributed by atoms with Gasteiger partial charge in [0.2, 0.25) is 0 Å². The number of carbonyl (C=O) groups excluding carboxylic acids is 1. The van der Waals surface area contributed by atoms with Gasteiger partial charge < -0.3 is 10.1 Å². The smallest absolute Gasteiger partial charge is 0.266 e. The van der Waals surface area contributed by atoms with Crippen molar-refractivity contribution in [3.8, 4) is 11.8 Å². The highest BCUT2D eigenvalue weighted by Gasteiger charge is 2.13. The summed E-state index contributed by atoms with van der Waals surface area (Å²) in [7, 11) is 0. The van der Waals surface area contributed by atoms with Crippen LogP contribution in [0.3, 0.4) is 0 Å². The Hall–Kier alpha value is -3.29. The van der Waals surface area contributed by atoms with Crippen LogP contribution < -0.4 is 10.1 Å². The first-order valence-electron chi connectivity index (χ1n) is 8.87. The highest BCUT2D eigenvalue weighted by atomic mass is 35.5. The van der Waals surface area contributed by atoms with E-state index in [1.54, 1.807) is 24.3 Å². The van der Waals surface area contributed by atoms with Gasteiger partial charge in [-0.05, 0) is 60.7 Å². The Morgan fingerprint density at radius 1 is 1.18 bits per heavy atom. The lowest BCUT2D eigenvalue weighted by atomic mass is 10.0. The van der Waals surface area contributed by atoms with E-state index in [0.717, 1.165) is 27.6 Å². The van der Waals surface area contributed by atoms with Gasteiger partial charge in [-0.25, -0.2) is 0 Å². The van der Waals surface area contributed by atoms with E-state index in [1.165, 1.54) is 0 Å². The molecule has 1 N–H and O–H groups in total. The molecule has 0 aromatic heterocycles. The zero-order valence-corrected chi connectivity index (χ0v) is 16.4. The molecule has 4 nitrogen and oxygen atoms in total. The van der Waals surface area contributed by atoms with Crippen LogP contribution in [0, 0.1) is 18.3 Å². The number of rotatable bonds is 5. The molecule has 0 radical (unpaired) electrons. The van der Waals surface area contributed by atoms with Gasteiger partial charge in [-0.1, -0.05) is 41.9 Å². The third-order valence-electron chi connectivity index (χ3n) is 4.32. The molecule has 3 rings (SSSR count). The molecule has 1 amide bonds. The molecule has 140 valence electrons. The Kier molecular flexibility index (Phi) is 5.98.